The molecule has 0 unspecified atom stereocenters. The first-order valence-electron chi connectivity index (χ1n) is 9.44. The van der Waals surface area contributed by atoms with Gasteiger partial charge < -0.3 is 10.4 Å². The lowest BCUT2D eigenvalue weighted by Gasteiger charge is -2.10. The molecule has 7 nitrogen and oxygen atoms in total. The quantitative estimate of drug-likeness (QED) is 0.361. The predicted octanol–water partition coefficient (Wildman–Crippen LogP) is 4.59. The lowest BCUT2D eigenvalue weighted by atomic mass is 10.1. The van der Waals surface area contributed by atoms with Crippen LogP contribution in [0.1, 0.15) is 27.6 Å². The molecule has 2 heterocycles. The number of fused-ring (bicyclic) bond motifs is 1. The van der Waals surface area contributed by atoms with Crippen LogP contribution in [-0.4, -0.2) is 33.2 Å². The second-order valence-corrected chi connectivity index (χ2v) is 6.65. The van der Waals surface area contributed by atoms with Crippen LogP contribution in [-0.2, 0) is 4.79 Å². The van der Waals surface area contributed by atoms with E-state index in [2.05, 4.69) is 15.3 Å². The zero-order valence-electron chi connectivity index (χ0n) is 16.9. The summed E-state index contributed by atoms with van der Waals surface area (Å²) in [7, 11) is 0. The van der Waals surface area contributed by atoms with Gasteiger partial charge in [0.1, 0.15) is 5.82 Å². The van der Waals surface area contributed by atoms with Crippen LogP contribution in [0.25, 0.3) is 22.2 Å². The van der Waals surface area contributed by atoms with Gasteiger partial charge in [0.05, 0.1) is 16.9 Å². The number of carbonyl (C=O) groups is 3. The number of hydrogen-bond donors (Lipinski definition) is 2. The first kappa shape index (κ1) is 22.2. The number of rotatable bonds is 4. The van der Waals surface area contributed by atoms with E-state index >= 15 is 0 Å². The number of carbonyl (C=O) groups excluding carboxylic acids is 2. The van der Waals surface area contributed by atoms with Crippen LogP contribution in [0.4, 0.5) is 10.1 Å². The minimum absolute atomic E-state index is 0.104. The normalized spacial score (nSPS) is 10.1. The van der Waals surface area contributed by atoms with Crippen molar-refractivity contribution in [3.05, 3.63) is 90.0 Å². The van der Waals surface area contributed by atoms with Crippen LogP contribution in [0.15, 0.2) is 73.1 Å². The Kier molecular flexibility index (Phi) is 6.97. The molecule has 2 aromatic heterocycles. The maximum Gasteiger partial charge on any atom is 0.290 e. The van der Waals surface area contributed by atoms with Crippen LogP contribution in [0.5, 0.6) is 0 Å². The van der Waals surface area contributed by atoms with Crippen molar-refractivity contribution in [3.8, 4) is 11.3 Å². The Balaban J connectivity index is 0.000000913. The fourth-order valence-electron chi connectivity index (χ4n) is 3.05. The number of nitrogens with zero attached hydrogens (tertiary/aromatic N) is 2. The van der Waals surface area contributed by atoms with E-state index in [1.807, 2.05) is 12.1 Å². The molecule has 0 aliphatic carbocycles. The van der Waals surface area contributed by atoms with Gasteiger partial charge in [-0.15, -0.1) is 0 Å². The molecule has 1 amide bonds. The Bertz CT molecular complexity index is 1280. The molecule has 0 aliphatic heterocycles. The Morgan fingerprint density at radius 3 is 2.47 bits per heavy atom. The molecule has 2 aromatic carbocycles. The summed E-state index contributed by atoms with van der Waals surface area (Å²) in [5.74, 6) is -1.10. The Labute approximate surface area is 182 Å². The summed E-state index contributed by atoms with van der Waals surface area (Å²) in [4.78, 5) is 41.0. The molecule has 2 N–H and O–H groups in total. The van der Waals surface area contributed by atoms with E-state index in [0.29, 0.717) is 22.5 Å². The number of carboxylic acid groups (broad SMARTS) is 1. The van der Waals surface area contributed by atoms with Crippen molar-refractivity contribution in [1.82, 2.24) is 9.97 Å². The number of amides is 1. The van der Waals surface area contributed by atoms with Crippen LogP contribution in [0.3, 0.4) is 0 Å². The minimum Gasteiger partial charge on any atom is -0.483 e. The highest BCUT2D eigenvalue weighted by molar-refractivity contribution is 6.09. The molecule has 32 heavy (non-hydrogen) atoms. The largest absolute Gasteiger partial charge is 0.483 e. The number of benzene rings is 2. The van der Waals surface area contributed by atoms with Gasteiger partial charge in [-0.2, -0.15) is 0 Å². The van der Waals surface area contributed by atoms with E-state index in [9.17, 15) is 14.0 Å². The van der Waals surface area contributed by atoms with Gasteiger partial charge in [-0.05, 0) is 61.5 Å². The average Bonchev–Trinajstić information content (AvgIpc) is 2.79. The molecule has 0 atom stereocenters. The minimum atomic E-state index is -0.551. The molecular weight excluding hydrogens is 413 g/mol. The predicted molar refractivity (Wildman–Crippen MR) is 118 cm³/mol. The zero-order valence-corrected chi connectivity index (χ0v) is 16.9. The summed E-state index contributed by atoms with van der Waals surface area (Å²) in [6.07, 6.45) is 3.11. The van der Waals surface area contributed by atoms with Crippen LogP contribution in [0.2, 0.25) is 0 Å². The lowest BCUT2D eigenvalue weighted by Crippen LogP contribution is -2.12. The third-order valence-electron chi connectivity index (χ3n) is 4.52. The number of halogens is 1. The molecule has 0 fully saturated rings. The van der Waals surface area contributed by atoms with E-state index in [-0.39, 0.29) is 17.8 Å². The summed E-state index contributed by atoms with van der Waals surface area (Å²) in [5.41, 5.74) is 2.89. The van der Waals surface area contributed by atoms with Gasteiger partial charge in [-0.1, -0.05) is 6.07 Å². The molecule has 0 radical (unpaired) electrons. The third kappa shape index (κ3) is 5.17. The molecule has 0 aliphatic rings. The van der Waals surface area contributed by atoms with Crippen molar-refractivity contribution in [3.63, 3.8) is 0 Å². The van der Waals surface area contributed by atoms with Crippen LogP contribution in [0, 0.1) is 5.82 Å². The van der Waals surface area contributed by atoms with E-state index in [0.717, 1.165) is 10.9 Å². The highest BCUT2D eigenvalue weighted by atomic mass is 19.1. The van der Waals surface area contributed by atoms with E-state index in [1.54, 1.807) is 42.6 Å². The van der Waals surface area contributed by atoms with E-state index in [1.165, 1.54) is 25.3 Å². The second-order valence-electron chi connectivity index (χ2n) is 6.65. The van der Waals surface area contributed by atoms with E-state index in [4.69, 9.17) is 9.90 Å². The molecule has 0 bridgehead atoms. The SMILES string of the molecule is CC(=O)c1ccc(-c2cc(F)cc(C(=O)Nc3cccc4ncccc34)c2)nc1.O=CO. The van der Waals surface area contributed by atoms with Crippen molar-refractivity contribution in [2.45, 2.75) is 6.92 Å². The Morgan fingerprint density at radius 2 is 1.78 bits per heavy atom. The summed E-state index contributed by atoms with van der Waals surface area (Å²) in [6.45, 7) is 1.20. The highest BCUT2D eigenvalue weighted by Crippen LogP contribution is 2.24. The monoisotopic (exact) mass is 431 g/mol. The highest BCUT2D eigenvalue weighted by Gasteiger charge is 2.13. The summed E-state index contributed by atoms with van der Waals surface area (Å²) >= 11 is 0. The van der Waals surface area contributed by atoms with Crippen molar-refractivity contribution >= 4 is 34.8 Å². The molecule has 160 valence electrons. The van der Waals surface area contributed by atoms with Crippen LogP contribution < -0.4 is 5.32 Å². The van der Waals surface area contributed by atoms with Gasteiger partial charge in [0.2, 0.25) is 0 Å². The summed E-state index contributed by atoms with van der Waals surface area (Å²) < 4.78 is 14.2. The Morgan fingerprint density at radius 1 is 1.00 bits per heavy atom. The third-order valence-corrected chi connectivity index (χ3v) is 4.52. The van der Waals surface area contributed by atoms with Gasteiger partial charge in [0, 0.05) is 34.5 Å². The van der Waals surface area contributed by atoms with Gasteiger partial charge in [-0.3, -0.25) is 24.4 Å². The van der Waals surface area contributed by atoms with Gasteiger partial charge in [0.15, 0.2) is 5.78 Å². The number of pyridine rings is 2. The van der Waals surface area contributed by atoms with Gasteiger partial charge in [0.25, 0.3) is 12.4 Å². The number of anilines is 1. The topological polar surface area (TPSA) is 109 Å². The van der Waals surface area contributed by atoms with Crippen LogP contribution >= 0.6 is 0 Å². The van der Waals surface area contributed by atoms with Gasteiger partial charge in [-0.25, -0.2) is 4.39 Å². The van der Waals surface area contributed by atoms with Crippen molar-refractivity contribution in [2.24, 2.45) is 0 Å². The summed E-state index contributed by atoms with van der Waals surface area (Å²) in [5, 5.41) is 10.5. The molecule has 8 heteroatoms. The summed E-state index contributed by atoms with van der Waals surface area (Å²) in [6, 6.07) is 16.3. The number of aromatic nitrogens is 2. The first-order chi connectivity index (χ1) is 15.4. The standard InChI is InChI=1S/C23H16FN3O2.CH2O2/c1-14(28)15-7-8-20(26-13-15)16-10-17(12-18(24)11-16)23(29)27-22-6-2-5-21-19(22)4-3-9-25-21;2-1-3/h2-13H,1H3,(H,27,29);1H,(H,2,3). The van der Waals surface area contributed by atoms with Crippen molar-refractivity contribution in [2.75, 3.05) is 5.32 Å². The number of hydrogen-bond acceptors (Lipinski definition) is 5. The molecule has 0 saturated heterocycles. The smallest absolute Gasteiger partial charge is 0.290 e. The number of Topliss-reactive ketones (excluding diaryl/α,β-unsaturated/α-hetero) is 1. The van der Waals surface area contributed by atoms with E-state index < -0.39 is 11.7 Å². The van der Waals surface area contributed by atoms with Gasteiger partial charge >= 0.3 is 0 Å². The fourth-order valence-corrected chi connectivity index (χ4v) is 3.05. The maximum absolute atomic E-state index is 14.2. The number of nitrogens with one attached hydrogen (secondary N) is 1. The fraction of sp³-hybridized carbons (Fsp3) is 0.0417. The molecule has 4 aromatic rings. The Hall–Kier alpha value is -4.46. The maximum atomic E-state index is 14.2. The lowest BCUT2D eigenvalue weighted by molar-refractivity contribution is -0.122. The second kappa shape index (κ2) is 10.0. The van der Waals surface area contributed by atoms with Crippen molar-refractivity contribution in [1.29, 1.82) is 0 Å². The number of ketones is 1. The average molecular weight is 431 g/mol. The zero-order chi connectivity index (χ0) is 23.1. The molecular formula is C24H18FN3O4. The molecule has 0 spiro atoms. The molecule has 0 saturated carbocycles. The van der Waals surface area contributed by atoms with Crippen molar-refractivity contribution < 1.29 is 23.9 Å². The first-order valence-corrected chi connectivity index (χ1v) is 9.44. The molecule has 4 rings (SSSR count).